The van der Waals surface area contributed by atoms with Crippen LogP contribution in [0.5, 0.6) is 5.75 Å². The Morgan fingerprint density at radius 1 is 1.22 bits per heavy atom. The molecular weight excluding hydrogens is 224 g/mol. The highest BCUT2D eigenvalue weighted by atomic mass is 16.5. The second-order valence-electron chi connectivity index (χ2n) is 4.58. The first-order valence-electron chi connectivity index (χ1n) is 6.34. The maximum atomic E-state index is 5.90. The number of ether oxygens (including phenoxy) is 1. The van der Waals surface area contributed by atoms with Crippen LogP contribution in [0.15, 0.2) is 24.3 Å². The molecule has 0 fully saturated rings. The molecule has 96 valence electrons. The van der Waals surface area contributed by atoms with Crippen molar-refractivity contribution < 1.29 is 4.74 Å². The number of benzene rings is 1. The Morgan fingerprint density at radius 2 is 2.00 bits per heavy atom. The van der Waals surface area contributed by atoms with Gasteiger partial charge in [-0.1, -0.05) is 12.1 Å². The van der Waals surface area contributed by atoms with Gasteiger partial charge < -0.3 is 4.74 Å². The summed E-state index contributed by atoms with van der Waals surface area (Å²) in [7, 11) is 0. The van der Waals surface area contributed by atoms with E-state index in [1.54, 1.807) is 0 Å². The second-order valence-corrected chi connectivity index (χ2v) is 4.58. The highest BCUT2D eigenvalue weighted by Crippen LogP contribution is 2.21. The molecule has 1 heterocycles. The summed E-state index contributed by atoms with van der Waals surface area (Å²) in [4.78, 5) is 0. The second kappa shape index (κ2) is 5.25. The lowest BCUT2D eigenvalue weighted by atomic mass is 10.1. The summed E-state index contributed by atoms with van der Waals surface area (Å²) in [6, 6.07) is 8.22. The molecule has 2 rings (SSSR count). The van der Waals surface area contributed by atoms with E-state index < -0.39 is 0 Å². The highest BCUT2D eigenvalue weighted by Gasteiger charge is 2.06. The van der Waals surface area contributed by atoms with E-state index in [-0.39, 0.29) is 0 Å². The van der Waals surface area contributed by atoms with Crippen molar-refractivity contribution in [1.82, 2.24) is 9.78 Å². The van der Waals surface area contributed by atoms with Crippen LogP contribution in [0, 0.1) is 20.8 Å². The van der Waals surface area contributed by atoms with Crippen molar-refractivity contribution in [1.29, 1.82) is 0 Å². The molecule has 0 aliphatic rings. The van der Waals surface area contributed by atoms with Crippen LogP contribution in [0.3, 0.4) is 0 Å². The minimum absolute atomic E-state index is 0.568. The Balaban J connectivity index is 2.13. The summed E-state index contributed by atoms with van der Waals surface area (Å²) in [5.74, 6) is 0.955. The Morgan fingerprint density at radius 3 is 2.72 bits per heavy atom. The van der Waals surface area contributed by atoms with Crippen LogP contribution in [0.25, 0.3) is 0 Å². The quantitative estimate of drug-likeness (QED) is 0.824. The van der Waals surface area contributed by atoms with E-state index >= 15 is 0 Å². The van der Waals surface area contributed by atoms with Crippen LogP contribution in [0.2, 0.25) is 0 Å². The first kappa shape index (κ1) is 12.7. The summed E-state index contributed by atoms with van der Waals surface area (Å²) in [6.45, 7) is 9.73. The Labute approximate surface area is 108 Å². The molecule has 0 unspecified atom stereocenters. The normalized spacial score (nSPS) is 10.7. The molecule has 0 aliphatic heterocycles. The van der Waals surface area contributed by atoms with Gasteiger partial charge in [0, 0.05) is 6.54 Å². The van der Waals surface area contributed by atoms with E-state index in [2.05, 4.69) is 38.0 Å². The largest absolute Gasteiger partial charge is 0.487 e. The van der Waals surface area contributed by atoms with Crippen molar-refractivity contribution in [3.8, 4) is 5.75 Å². The van der Waals surface area contributed by atoms with Crippen LogP contribution < -0.4 is 4.74 Å². The van der Waals surface area contributed by atoms with E-state index in [4.69, 9.17) is 4.74 Å². The summed E-state index contributed by atoms with van der Waals surface area (Å²) >= 11 is 0. The standard InChI is InChI=1S/C15H20N2O/c1-5-17-14(9-12(3)16-17)10-18-15-8-6-7-11(2)13(15)4/h6-9H,5,10H2,1-4H3. The minimum Gasteiger partial charge on any atom is -0.487 e. The topological polar surface area (TPSA) is 27.1 Å². The van der Waals surface area contributed by atoms with Gasteiger partial charge in [-0.15, -0.1) is 0 Å². The third-order valence-electron chi connectivity index (χ3n) is 3.22. The van der Waals surface area contributed by atoms with Gasteiger partial charge in [0.05, 0.1) is 11.4 Å². The molecule has 3 nitrogen and oxygen atoms in total. The van der Waals surface area contributed by atoms with Crippen molar-refractivity contribution in [2.45, 2.75) is 40.8 Å². The Bertz CT molecular complexity index is 543. The summed E-state index contributed by atoms with van der Waals surface area (Å²) in [5.41, 5.74) is 4.62. The van der Waals surface area contributed by atoms with Crippen molar-refractivity contribution in [3.05, 3.63) is 46.8 Å². The number of aryl methyl sites for hydroxylation is 3. The van der Waals surface area contributed by atoms with Gasteiger partial charge in [0.25, 0.3) is 0 Å². The molecule has 0 radical (unpaired) electrons. The van der Waals surface area contributed by atoms with E-state index in [9.17, 15) is 0 Å². The smallest absolute Gasteiger partial charge is 0.130 e. The van der Waals surface area contributed by atoms with Gasteiger partial charge in [0.2, 0.25) is 0 Å². The maximum absolute atomic E-state index is 5.90. The summed E-state index contributed by atoms with van der Waals surface area (Å²) in [6.07, 6.45) is 0. The number of rotatable bonds is 4. The lowest BCUT2D eigenvalue weighted by Gasteiger charge is -2.11. The zero-order valence-corrected chi connectivity index (χ0v) is 11.5. The van der Waals surface area contributed by atoms with E-state index in [0.29, 0.717) is 6.61 Å². The van der Waals surface area contributed by atoms with E-state index in [1.807, 2.05) is 23.7 Å². The fourth-order valence-corrected chi connectivity index (χ4v) is 2.02. The lowest BCUT2D eigenvalue weighted by molar-refractivity contribution is 0.290. The van der Waals surface area contributed by atoms with Gasteiger partial charge >= 0.3 is 0 Å². The maximum Gasteiger partial charge on any atom is 0.130 e. The predicted octanol–water partition coefficient (Wildman–Crippen LogP) is 3.41. The first-order chi connectivity index (χ1) is 8.61. The van der Waals surface area contributed by atoms with Crippen LogP contribution in [0.1, 0.15) is 29.4 Å². The van der Waals surface area contributed by atoms with Crippen LogP contribution in [-0.2, 0) is 13.2 Å². The van der Waals surface area contributed by atoms with E-state index in [0.717, 1.165) is 23.7 Å². The molecule has 3 heteroatoms. The minimum atomic E-state index is 0.568. The van der Waals surface area contributed by atoms with Gasteiger partial charge in [0.15, 0.2) is 0 Å². The molecule has 0 atom stereocenters. The SMILES string of the molecule is CCn1nc(C)cc1COc1cccc(C)c1C. The molecule has 18 heavy (non-hydrogen) atoms. The number of aromatic nitrogens is 2. The lowest BCUT2D eigenvalue weighted by Crippen LogP contribution is -2.06. The monoisotopic (exact) mass is 244 g/mol. The van der Waals surface area contributed by atoms with Crippen molar-refractivity contribution in [2.75, 3.05) is 0 Å². The van der Waals surface area contributed by atoms with Crippen molar-refractivity contribution in [3.63, 3.8) is 0 Å². The first-order valence-corrected chi connectivity index (χ1v) is 6.34. The van der Waals surface area contributed by atoms with E-state index in [1.165, 1.54) is 11.1 Å². The van der Waals surface area contributed by atoms with Gasteiger partial charge in [-0.3, -0.25) is 4.68 Å². The molecule has 0 spiro atoms. The molecular formula is C15H20N2O. The highest BCUT2D eigenvalue weighted by molar-refractivity contribution is 5.38. The summed E-state index contributed by atoms with van der Waals surface area (Å²) in [5, 5.41) is 4.42. The average molecular weight is 244 g/mol. The van der Waals surface area contributed by atoms with Gasteiger partial charge in [0.1, 0.15) is 12.4 Å². The van der Waals surface area contributed by atoms with Gasteiger partial charge in [-0.25, -0.2) is 0 Å². The molecule has 0 bridgehead atoms. The average Bonchev–Trinajstić information content (AvgIpc) is 2.71. The predicted molar refractivity (Wildman–Crippen MR) is 72.9 cm³/mol. The fourth-order valence-electron chi connectivity index (χ4n) is 2.02. The molecule has 0 aliphatic carbocycles. The van der Waals surface area contributed by atoms with Crippen LogP contribution >= 0.6 is 0 Å². The number of hydrogen-bond donors (Lipinski definition) is 0. The molecule has 0 amide bonds. The molecule has 1 aromatic carbocycles. The number of nitrogens with zero attached hydrogens (tertiary/aromatic N) is 2. The van der Waals surface area contributed by atoms with Gasteiger partial charge in [-0.05, 0) is 51.0 Å². The third kappa shape index (κ3) is 2.55. The molecule has 0 saturated carbocycles. The summed E-state index contributed by atoms with van der Waals surface area (Å²) < 4.78 is 7.89. The van der Waals surface area contributed by atoms with Gasteiger partial charge in [-0.2, -0.15) is 5.10 Å². The Kier molecular flexibility index (Phi) is 3.70. The zero-order chi connectivity index (χ0) is 13.1. The molecule has 1 aromatic heterocycles. The Hall–Kier alpha value is -1.77. The van der Waals surface area contributed by atoms with Crippen molar-refractivity contribution >= 4 is 0 Å². The third-order valence-corrected chi connectivity index (χ3v) is 3.22. The van der Waals surface area contributed by atoms with Crippen LogP contribution in [0.4, 0.5) is 0 Å². The molecule has 0 N–H and O–H groups in total. The van der Waals surface area contributed by atoms with Crippen molar-refractivity contribution in [2.24, 2.45) is 0 Å². The van der Waals surface area contributed by atoms with Crippen LogP contribution in [-0.4, -0.2) is 9.78 Å². The zero-order valence-electron chi connectivity index (χ0n) is 11.5. The molecule has 0 saturated heterocycles. The fraction of sp³-hybridized carbons (Fsp3) is 0.400. The number of hydrogen-bond acceptors (Lipinski definition) is 2. The molecule has 2 aromatic rings.